The zero-order valence-electron chi connectivity index (χ0n) is 14.2. The van der Waals surface area contributed by atoms with E-state index in [-0.39, 0.29) is 6.61 Å². The molecule has 0 bridgehead atoms. The van der Waals surface area contributed by atoms with Crippen LogP contribution in [-0.2, 0) is 4.79 Å². The highest BCUT2D eigenvalue weighted by molar-refractivity contribution is 7.98. The van der Waals surface area contributed by atoms with Crippen molar-refractivity contribution >= 4 is 35.2 Å². The number of hydrogen-bond acceptors (Lipinski definition) is 4. The number of hydrogen-bond donors (Lipinski definition) is 2. The summed E-state index contributed by atoms with van der Waals surface area (Å²) in [6.07, 6.45) is 1.90. The summed E-state index contributed by atoms with van der Waals surface area (Å²) in [5.74, 6) is -0.315. The Morgan fingerprint density at radius 2 is 1.88 bits per heavy atom. The molecule has 25 heavy (non-hydrogen) atoms. The van der Waals surface area contributed by atoms with Crippen molar-refractivity contribution in [2.75, 3.05) is 12.9 Å². The van der Waals surface area contributed by atoms with Gasteiger partial charge in [-0.3, -0.25) is 20.4 Å². The Labute approximate surface area is 156 Å². The number of carbonyl (C=O) groups is 2. The third-order valence-electron chi connectivity index (χ3n) is 3.44. The van der Waals surface area contributed by atoms with Crippen molar-refractivity contribution in [3.63, 3.8) is 0 Å². The molecule has 0 fully saturated rings. The predicted octanol–water partition coefficient (Wildman–Crippen LogP) is 3.52. The number of rotatable bonds is 5. The summed E-state index contributed by atoms with van der Waals surface area (Å²) in [5.41, 5.74) is 6.93. The number of ether oxygens (including phenoxy) is 1. The molecular formula is C18H19ClN2O3S. The summed E-state index contributed by atoms with van der Waals surface area (Å²) in [5, 5.41) is 0.316. The van der Waals surface area contributed by atoms with Crippen molar-refractivity contribution in [1.29, 1.82) is 0 Å². The summed E-state index contributed by atoms with van der Waals surface area (Å²) in [4.78, 5) is 24.9. The topological polar surface area (TPSA) is 67.4 Å². The van der Waals surface area contributed by atoms with Gasteiger partial charge < -0.3 is 4.74 Å². The quantitative estimate of drug-likeness (QED) is 0.617. The van der Waals surface area contributed by atoms with Gasteiger partial charge in [0.1, 0.15) is 5.75 Å². The summed E-state index contributed by atoms with van der Waals surface area (Å²) < 4.78 is 5.48. The number of aryl methyl sites for hydroxylation is 2. The second-order valence-corrected chi connectivity index (χ2v) is 6.69. The van der Waals surface area contributed by atoms with Crippen molar-refractivity contribution in [1.82, 2.24) is 10.9 Å². The Morgan fingerprint density at radius 1 is 1.12 bits per heavy atom. The molecule has 0 radical (unpaired) electrons. The largest absolute Gasteiger partial charge is 0.483 e. The van der Waals surface area contributed by atoms with Gasteiger partial charge in [0.2, 0.25) is 0 Å². The molecule has 0 atom stereocenters. The molecule has 7 heteroatoms. The molecule has 2 amide bonds. The molecule has 0 heterocycles. The lowest BCUT2D eigenvalue weighted by molar-refractivity contribution is -0.123. The van der Waals surface area contributed by atoms with E-state index in [1.165, 1.54) is 11.8 Å². The molecule has 0 saturated carbocycles. The van der Waals surface area contributed by atoms with E-state index < -0.39 is 11.8 Å². The molecule has 0 aliphatic heterocycles. The maximum atomic E-state index is 12.2. The number of thioether (sulfide) groups is 1. The van der Waals surface area contributed by atoms with E-state index in [2.05, 4.69) is 10.9 Å². The average molecular weight is 379 g/mol. The van der Waals surface area contributed by atoms with Gasteiger partial charge in [-0.25, -0.2) is 0 Å². The van der Waals surface area contributed by atoms with E-state index in [1.807, 2.05) is 44.4 Å². The van der Waals surface area contributed by atoms with Crippen LogP contribution in [-0.4, -0.2) is 24.7 Å². The molecule has 0 saturated heterocycles. The summed E-state index contributed by atoms with van der Waals surface area (Å²) in [6, 6.07) is 10.9. The second-order valence-electron chi connectivity index (χ2n) is 5.41. The van der Waals surface area contributed by atoms with Crippen LogP contribution in [0.4, 0.5) is 0 Å². The first-order valence-corrected chi connectivity index (χ1v) is 9.13. The van der Waals surface area contributed by atoms with E-state index >= 15 is 0 Å². The third kappa shape index (κ3) is 5.41. The van der Waals surface area contributed by atoms with Gasteiger partial charge in [0.15, 0.2) is 6.61 Å². The van der Waals surface area contributed by atoms with Gasteiger partial charge in [-0.05, 0) is 55.5 Å². The minimum atomic E-state index is -0.485. The highest BCUT2D eigenvalue weighted by Crippen LogP contribution is 2.22. The fourth-order valence-corrected chi connectivity index (χ4v) is 2.68. The van der Waals surface area contributed by atoms with E-state index in [4.69, 9.17) is 16.3 Å². The Hall–Kier alpha value is -2.18. The molecule has 0 aromatic heterocycles. The second kappa shape index (κ2) is 8.78. The van der Waals surface area contributed by atoms with E-state index in [0.29, 0.717) is 16.3 Å². The minimum absolute atomic E-state index is 0.205. The Bertz CT molecular complexity index is 796. The van der Waals surface area contributed by atoms with Gasteiger partial charge in [0.25, 0.3) is 11.8 Å². The van der Waals surface area contributed by atoms with Crippen LogP contribution in [0.1, 0.15) is 21.5 Å². The predicted molar refractivity (Wildman–Crippen MR) is 100 cm³/mol. The van der Waals surface area contributed by atoms with Gasteiger partial charge in [0, 0.05) is 4.90 Å². The number of hydrazine groups is 1. The van der Waals surface area contributed by atoms with Gasteiger partial charge in [-0.15, -0.1) is 11.8 Å². The van der Waals surface area contributed by atoms with Crippen molar-refractivity contribution in [3.05, 3.63) is 58.1 Å². The first-order valence-electron chi connectivity index (χ1n) is 7.53. The molecular weight excluding hydrogens is 360 g/mol. The Morgan fingerprint density at radius 3 is 2.60 bits per heavy atom. The number of nitrogens with one attached hydrogen (secondary N) is 2. The first-order chi connectivity index (χ1) is 11.9. The lowest BCUT2D eigenvalue weighted by Crippen LogP contribution is -2.44. The van der Waals surface area contributed by atoms with Crippen LogP contribution in [0.5, 0.6) is 5.75 Å². The zero-order chi connectivity index (χ0) is 18.4. The van der Waals surface area contributed by atoms with Gasteiger partial charge in [0.05, 0.1) is 10.6 Å². The molecule has 0 spiro atoms. The van der Waals surface area contributed by atoms with Crippen LogP contribution in [0.15, 0.2) is 41.3 Å². The maximum absolute atomic E-state index is 12.2. The summed E-state index contributed by atoms with van der Waals surface area (Å²) in [6.45, 7) is 3.64. The SMILES string of the molecule is CSc1ccc(Cl)c(C(=O)NNC(=O)COc2cc(C)ccc2C)c1. The Balaban J connectivity index is 1.89. The number of carbonyl (C=O) groups excluding carboxylic acids is 2. The smallest absolute Gasteiger partial charge is 0.276 e. The lowest BCUT2D eigenvalue weighted by atomic mass is 10.1. The standard InChI is InChI=1S/C18H19ClN2O3S/c1-11-4-5-12(2)16(8-11)24-10-17(22)20-21-18(23)14-9-13(25-3)6-7-15(14)19/h4-9H,10H2,1-3H3,(H,20,22)(H,21,23). The Kier molecular flexibility index (Phi) is 6.73. The molecule has 2 aromatic carbocycles. The van der Waals surface area contributed by atoms with Gasteiger partial charge in [-0.1, -0.05) is 23.7 Å². The molecule has 0 aliphatic rings. The van der Waals surface area contributed by atoms with E-state index in [9.17, 15) is 9.59 Å². The van der Waals surface area contributed by atoms with Crippen molar-refractivity contribution in [2.45, 2.75) is 18.7 Å². The molecule has 0 unspecified atom stereocenters. The lowest BCUT2D eigenvalue weighted by Gasteiger charge is -2.11. The number of amides is 2. The van der Waals surface area contributed by atoms with Crippen LogP contribution in [0.2, 0.25) is 5.02 Å². The molecule has 2 N–H and O–H groups in total. The van der Waals surface area contributed by atoms with Gasteiger partial charge >= 0.3 is 0 Å². The van der Waals surface area contributed by atoms with Crippen LogP contribution < -0.4 is 15.6 Å². The fraction of sp³-hybridized carbons (Fsp3) is 0.222. The summed E-state index contributed by atoms with van der Waals surface area (Å²) in [7, 11) is 0. The average Bonchev–Trinajstić information content (AvgIpc) is 2.60. The minimum Gasteiger partial charge on any atom is -0.483 e. The summed E-state index contributed by atoms with van der Waals surface area (Å²) >= 11 is 7.52. The first kappa shape index (κ1) is 19.1. The molecule has 2 aromatic rings. The maximum Gasteiger partial charge on any atom is 0.276 e. The highest BCUT2D eigenvalue weighted by Gasteiger charge is 2.12. The van der Waals surface area contributed by atoms with Crippen LogP contribution >= 0.6 is 23.4 Å². The van der Waals surface area contributed by atoms with E-state index in [0.717, 1.165) is 16.0 Å². The zero-order valence-corrected chi connectivity index (χ0v) is 15.8. The fourth-order valence-electron chi connectivity index (χ4n) is 2.04. The van der Waals surface area contributed by atoms with Crippen molar-refractivity contribution in [3.8, 4) is 5.75 Å². The number of halogens is 1. The molecule has 2 rings (SSSR count). The van der Waals surface area contributed by atoms with Crippen LogP contribution in [0.25, 0.3) is 0 Å². The molecule has 132 valence electrons. The van der Waals surface area contributed by atoms with Crippen molar-refractivity contribution < 1.29 is 14.3 Å². The van der Waals surface area contributed by atoms with E-state index in [1.54, 1.807) is 12.1 Å². The van der Waals surface area contributed by atoms with Gasteiger partial charge in [-0.2, -0.15) is 0 Å². The molecule has 0 aliphatic carbocycles. The highest BCUT2D eigenvalue weighted by atomic mass is 35.5. The normalized spacial score (nSPS) is 10.2. The van der Waals surface area contributed by atoms with Crippen LogP contribution in [0.3, 0.4) is 0 Å². The number of benzene rings is 2. The van der Waals surface area contributed by atoms with Crippen LogP contribution in [0, 0.1) is 13.8 Å². The molecule has 5 nitrogen and oxygen atoms in total. The van der Waals surface area contributed by atoms with Crippen molar-refractivity contribution in [2.24, 2.45) is 0 Å². The third-order valence-corrected chi connectivity index (χ3v) is 4.49. The monoisotopic (exact) mass is 378 g/mol.